The number of carbonyl (C=O) groups excluding carboxylic acids is 2. The van der Waals surface area contributed by atoms with E-state index < -0.39 is 0 Å². The van der Waals surface area contributed by atoms with E-state index in [0.29, 0.717) is 54.7 Å². The van der Waals surface area contributed by atoms with Crippen molar-refractivity contribution in [3.05, 3.63) is 101 Å². The van der Waals surface area contributed by atoms with Gasteiger partial charge in [-0.1, -0.05) is 30.3 Å². The van der Waals surface area contributed by atoms with Gasteiger partial charge in [-0.15, -0.1) is 0 Å². The Morgan fingerprint density at radius 1 is 0.700 bits per heavy atom. The number of hydrogen-bond donors (Lipinski definition) is 0. The van der Waals surface area contributed by atoms with Crippen molar-refractivity contribution in [3.63, 3.8) is 0 Å². The first-order valence-corrected chi connectivity index (χ1v) is 13.4. The van der Waals surface area contributed by atoms with Crippen LogP contribution in [0.3, 0.4) is 0 Å². The van der Waals surface area contributed by atoms with Crippen LogP contribution in [0.5, 0.6) is 0 Å². The number of rotatable bonds is 4. The van der Waals surface area contributed by atoms with Crippen molar-refractivity contribution in [3.8, 4) is 22.9 Å². The van der Waals surface area contributed by atoms with Crippen molar-refractivity contribution < 1.29 is 18.4 Å². The van der Waals surface area contributed by atoms with Gasteiger partial charge in [0.15, 0.2) is 11.3 Å². The van der Waals surface area contributed by atoms with Crippen LogP contribution in [0.4, 0.5) is 0 Å². The molecule has 2 aliphatic rings. The van der Waals surface area contributed by atoms with Crippen LogP contribution in [0.25, 0.3) is 40.1 Å². The zero-order valence-corrected chi connectivity index (χ0v) is 21.7. The largest absolute Gasteiger partial charge is 0.436 e. The number of aromatic nitrogens is 2. The smallest absolute Gasteiger partial charge is 0.253 e. The molecule has 7 rings (SSSR count). The molecule has 40 heavy (non-hydrogen) atoms. The summed E-state index contributed by atoms with van der Waals surface area (Å²) >= 11 is 0. The molecule has 0 bridgehead atoms. The predicted molar refractivity (Wildman–Crippen MR) is 151 cm³/mol. The van der Waals surface area contributed by atoms with Gasteiger partial charge in [-0.05, 0) is 67.4 Å². The number of benzene rings is 3. The lowest BCUT2D eigenvalue weighted by Gasteiger charge is -2.35. The summed E-state index contributed by atoms with van der Waals surface area (Å²) in [6, 6.07) is 22.3. The number of nitrogens with zero attached hydrogens (tertiary/aromatic N) is 4. The molecule has 0 unspecified atom stereocenters. The van der Waals surface area contributed by atoms with Crippen molar-refractivity contribution >= 4 is 29.0 Å². The third-order valence-electron chi connectivity index (χ3n) is 7.41. The first kappa shape index (κ1) is 24.1. The standard InChI is InChI=1S/C32H26N4O4/c37-31(23-9-5-7-21(19-23)29-33-25-11-1-3-13-27(25)39-29)35-15-17-36(18-16-35)32(38)24-10-6-8-22(20-24)30-34-26-12-2-4-14-28(26)40-30/h1,3-11,13-14,19-20H,2,12,15-18H2. The fraction of sp³-hybridized carbons (Fsp3) is 0.188. The molecule has 2 aromatic heterocycles. The maximum Gasteiger partial charge on any atom is 0.253 e. The van der Waals surface area contributed by atoms with Crippen molar-refractivity contribution in [2.75, 3.05) is 26.2 Å². The Bertz CT molecular complexity index is 1740. The molecule has 1 saturated heterocycles. The summed E-state index contributed by atoms with van der Waals surface area (Å²) in [7, 11) is 0. The molecule has 8 heteroatoms. The number of amides is 2. The van der Waals surface area contributed by atoms with E-state index in [4.69, 9.17) is 8.83 Å². The SMILES string of the molecule is O=C(c1cccc(-c2nc3c(o2)C=CCC3)c1)N1CCN(C(=O)c2cccc(-c3nc4ccccc4o3)c2)CC1. The molecule has 3 aromatic carbocycles. The van der Waals surface area contributed by atoms with Gasteiger partial charge in [0, 0.05) is 48.4 Å². The quantitative estimate of drug-likeness (QED) is 0.296. The topological polar surface area (TPSA) is 92.7 Å². The van der Waals surface area contributed by atoms with E-state index in [9.17, 15) is 9.59 Å². The van der Waals surface area contributed by atoms with Gasteiger partial charge in [-0.3, -0.25) is 9.59 Å². The van der Waals surface area contributed by atoms with Gasteiger partial charge in [-0.2, -0.15) is 0 Å². The van der Waals surface area contributed by atoms with Gasteiger partial charge in [0.25, 0.3) is 11.8 Å². The predicted octanol–water partition coefficient (Wildman–Crippen LogP) is 5.71. The third kappa shape index (κ3) is 4.47. The van der Waals surface area contributed by atoms with Crippen LogP contribution in [-0.2, 0) is 6.42 Å². The maximum atomic E-state index is 13.3. The average Bonchev–Trinajstić information content (AvgIpc) is 3.65. The van der Waals surface area contributed by atoms with E-state index in [1.54, 1.807) is 15.9 Å². The summed E-state index contributed by atoms with van der Waals surface area (Å²) in [6.45, 7) is 1.82. The minimum atomic E-state index is -0.0750. The molecule has 5 aromatic rings. The Morgan fingerprint density at radius 3 is 1.95 bits per heavy atom. The maximum absolute atomic E-state index is 13.3. The molecular weight excluding hydrogens is 504 g/mol. The van der Waals surface area contributed by atoms with E-state index >= 15 is 0 Å². The first-order valence-electron chi connectivity index (χ1n) is 13.4. The number of fused-ring (bicyclic) bond motifs is 2. The highest BCUT2D eigenvalue weighted by Gasteiger charge is 2.26. The number of carbonyl (C=O) groups is 2. The summed E-state index contributed by atoms with van der Waals surface area (Å²) in [5, 5.41) is 0. The second-order valence-corrected chi connectivity index (χ2v) is 10.0. The Kier molecular flexibility index (Phi) is 6.00. The van der Waals surface area contributed by atoms with Crippen molar-refractivity contribution in [1.82, 2.24) is 19.8 Å². The van der Waals surface area contributed by atoms with Crippen LogP contribution in [0.2, 0.25) is 0 Å². The van der Waals surface area contributed by atoms with Crippen molar-refractivity contribution in [2.45, 2.75) is 12.8 Å². The van der Waals surface area contributed by atoms with E-state index in [0.717, 1.165) is 40.9 Å². The van der Waals surface area contributed by atoms with E-state index in [1.165, 1.54) is 0 Å². The number of para-hydroxylation sites is 2. The molecule has 8 nitrogen and oxygen atoms in total. The van der Waals surface area contributed by atoms with E-state index in [2.05, 4.69) is 16.0 Å². The lowest BCUT2D eigenvalue weighted by molar-refractivity contribution is 0.0535. The van der Waals surface area contributed by atoms with E-state index in [-0.39, 0.29) is 11.8 Å². The molecule has 0 saturated carbocycles. The first-order chi connectivity index (χ1) is 19.6. The molecule has 1 fully saturated rings. The second-order valence-electron chi connectivity index (χ2n) is 10.0. The Hall–Kier alpha value is -4.98. The van der Waals surface area contributed by atoms with Gasteiger partial charge in [0.1, 0.15) is 5.52 Å². The fourth-order valence-electron chi connectivity index (χ4n) is 5.25. The minimum Gasteiger partial charge on any atom is -0.436 e. The van der Waals surface area contributed by atoms with Gasteiger partial charge < -0.3 is 18.6 Å². The number of oxazole rings is 2. The summed E-state index contributed by atoms with van der Waals surface area (Å²) in [4.78, 5) is 39.4. The Morgan fingerprint density at radius 2 is 1.32 bits per heavy atom. The Labute approximate surface area is 230 Å². The minimum absolute atomic E-state index is 0.0666. The zero-order chi connectivity index (χ0) is 27.1. The van der Waals surface area contributed by atoms with Crippen LogP contribution in [-0.4, -0.2) is 57.8 Å². The average molecular weight is 531 g/mol. The molecular formula is C32H26N4O4. The highest BCUT2D eigenvalue weighted by atomic mass is 16.4. The number of hydrogen-bond acceptors (Lipinski definition) is 6. The molecule has 1 aliphatic heterocycles. The molecule has 198 valence electrons. The normalized spacial score (nSPS) is 14.9. The molecule has 2 amide bonds. The summed E-state index contributed by atoms with van der Waals surface area (Å²) in [6.07, 6.45) is 5.85. The lowest BCUT2D eigenvalue weighted by Crippen LogP contribution is -2.50. The van der Waals surface area contributed by atoms with Crippen molar-refractivity contribution in [2.24, 2.45) is 0 Å². The molecule has 3 heterocycles. The van der Waals surface area contributed by atoms with Crippen LogP contribution < -0.4 is 0 Å². The Balaban J connectivity index is 1.02. The lowest BCUT2D eigenvalue weighted by atomic mass is 10.1. The van der Waals surface area contributed by atoms with Crippen molar-refractivity contribution in [1.29, 1.82) is 0 Å². The molecule has 0 N–H and O–H groups in total. The highest BCUT2D eigenvalue weighted by molar-refractivity contribution is 5.97. The summed E-state index contributed by atoms with van der Waals surface area (Å²) < 4.78 is 11.8. The van der Waals surface area contributed by atoms with Gasteiger partial charge in [-0.25, -0.2) is 9.97 Å². The summed E-state index contributed by atoms with van der Waals surface area (Å²) in [5.74, 6) is 1.66. The number of allylic oxidation sites excluding steroid dienone is 1. The zero-order valence-electron chi connectivity index (χ0n) is 21.7. The third-order valence-corrected chi connectivity index (χ3v) is 7.41. The van der Waals surface area contributed by atoms with Crippen LogP contribution in [0.1, 0.15) is 38.6 Å². The molecule has 0 radical (unpaired) electrons. The van der Waals surface area contributed by atoms with Gasteiger partial charge in [0.2, 0.25) is 11.8 Å². The highest BCUT2D eigenvalue weighted by Crippen LogP contribution is 2.28. The monoisotopic (exact) mass is 530 g/mol. The molecule has 0 atom stereocenters. The number of piperazine rings is 1. The molecule has 1 aliphatic carbocycles. The van der Waals surface area contributed by atoms with Crippen LogP contribution >= 0.6 is 0 Å². The van der Waals surface area contributed by atoms with Gasteiger partial charge >= 0.3 is 0 Å². The second kappa shape index (κ2) is 9.96. The van der Waals surface area contributed by atoms with Crippen LogP contribution in [0.15, 0.2) is 87.7 Å². The number of aryl methyl sites for hydroxylation is 1. The summed E-state index contributed by atoms with van der Waals surface area (Å²) in [5.41, 5.74) is 5.11. The van der Waals surface area contributed by atoms with Gasteiger partial charge in [0.05, 0.1) is 5.69 Å². The van der Waals surface area contributed by atoms with Crippen LogP contribution in [0, 0.1) is 0 Å². The van der Waals surface area contributed by atoms with E-state index in [1.807, 2.05) is 72.8 Å². The fourth-order valence-corrected chi connectivity index (χ4v) is 5.25. The molecule has 0 spiro atoms.